The summed E-state index contributed by atoms with van der Waals surface area (Å²) in [5.74, 6) is 0. The molecule has 2 rings (SSSR count). The van der Waals surface area contributed by atoms with E-state index >= 15 is 0 Å². The van der Waals surface area contributed by atoms with Crippen molar-refractivity contribution < 1.29 is 0 Å². The van der Waals surface area contributed by atoms with E-state index < -0.39 is 0 Å². The molecule has 0 fully saturated rings. The second-order valence-electron chi connectivity index (χ2n) is 5.80. The number of hydrogen-bond donors (Lipinski definition) is 1. The van der Waals surface area contributed by atoms with Crippen molar-refractivity contribution in [3.8, 4) is 11.3 Å². The smallest absolute Gasteiger partial charge is 0.0708 e. The summed E-state index contributed by atoms with van der Waals surface area (Å²) in [6.45, 7) is 11.6. The SMILES string of the molecule is Cc1ccc(-c2ccc(CNC(C)C)c(C)n2)c(C)c1. The zero-order valence-electron chi connectivity index (χ0n) is 13.1. The number of rotatable bonds is 4. The van der Waals surface area contributed by atoms with E-state index in [9.17, 15) is 0 Å². The highest BCUT2D eigenvalue weighted by Gasteiger charge is 2.07. The molecular weight excluding hydrogens is 244 g/mol. The van der Waals surface area contributed by atoms with Crippen LogP contribution in [0.15, 0.2) is 30.3 Å². The summed E-state index contributed by atoms with van der Waals surface area (Å²) in [6.07, 6.45) is 0. The minimum Gasteiger partial charge on any atom is -0.310 e. The minimum absolute atomic E-state index is 0.494. The van der Waals surface area contributed by atoms with Crippen molar-refractivity contribution >= 4 is 0 Å². The zero-order chi connectivity index (χ0) is 14.7. The van der Waals surface area contributed by atoms with Gasteiger partial charge in [0.05, 0.1) is 5.69 Å². The summed E-state index contributed by atoms with van der Waals surface area (Å²) in [6, 6.07) is 11.3. The Morgan fingerprint density at radius 1 is 1.05 bits per heavy atom. The molecule has 2 aromatic rings. The molecule has 0 atom stereocenters. The van der Waals surface area contributed by atoms with Crippen LogP contribution in [0.3, 0.4) is 0 Å². The Hall–Kier alpha value is -1.67. The topological polar surface area (TPSA) is 24.9 Å². The lowest BCUT2D eigenvalue weighted by Gasteiger charge is -2.12. The molecule has 0 aliphatic carbocycles. The molecule has 20 heavy (non-hydrogen) atoms. The molecule has 0 aliphatic heterocycles. The molecule has 0 amide bonds. The van der Waals surface area contributed by atoms with Crippen LogP contribution >= 0.6 is 0 Å². The third kappa shape index (κ3) is 3.45. The minimum atomic E-state index is 0.494. The predicted molar refractivity (Wildman–Crippen MR) is 85.9 cm³/mol. The average Bonchev–Trinajstić information content (AvgIpc) is 2.37. The Kier molecular flexibility index (Phi) is 4.56. The van der Waals surface area contributed by atoms with Crippen LogP contribution in [0.5, 0.6) is 0 Å². The van der Waals surface area contributed by atoms with E-state index in [1.54, 1.807) is 0 Å². The fourth-order valence-corrected chi connectivity index (χ4v) is 2.34. The average molecular weight is 268 g/mol. The second-order valence-corrected chi connectivity index (χ2v) is 5.80. The van der Waals surface area contributed by atoms with Gasteiger partial charge in [0.2, 0.25) is 0 Å². The van der Waals surface area contributed by atoms with Gasteiger partial charge in [0.1, 0.15) is 0 Å². The number of aryl methyl sites for hydroxylation is 3. The summed E-state index contributed by atoms with van der Waals surface area (Å²) in [5, 5.41) is 3.44. The van der Waals surface area contributed by atoms with Crippen molar-refractivity contribution in [2.75, 3.05) is 0 Å². The molecule has 0 radical (unpaired) electrons. The van der Waals surface area contributed by atoms with Gasteiger partial charge < -0.3 is 5.32 Å². The lowest BCUT2D eigenvalue weighted by atomic mass is 10.0. The molecule has 2 nitrogen and oxygen atoms in total. The molecule has 0 spiro atoms. The highest BCUT2D eigenvalue weighted by molar-refractivity contribution is 5.64. The number of nitrogens with one attached hydrogen (secondary N) is 1. The predicted octanol–water partition coefficient (Wildman–Crippen LogP) is 4.17. The number of benzene rings is 1. The quantitative estimate of drug-likeness (QED) is 0.900. The third-order valence-corrected chi connectivity index (χ3v) is 3.55. The van der Waals surface area contributed by atoms with Gasteiger partial charge in [0.15, 0.2) is 0 Å². The Balaban J connectivity index is 2.28. The fourth-order valence-electron chi connectivity index (χ4n) is 2.34. The molecule has 1 heterocycles. The Morgan fingerprint density at radius 3 is 2.40 bits per heavy atom. The number of pyridine rings is 1. The van der Waals surface area contributed by atoms with Crippen molar-refractivity contribution in [2.45, 2.75) is 47.2 Å². The molecule has 2 heteroatoms. The maximum Gasteiger partial charge on any atom is 0.0708 e. The molecular formula is C18H24N2. The van der Waals surface area contributed by atoms with E-state index in [-0.39, 0.29) is 0 Å². The van der Waals surface area contributed by atoms with Gasteiger partial charge in [0.25, 0.3) is 0 Å². The van der Waals surface area contributed by atoms with E-state index in [1.807, 2.05) is 0 Å². The van der Waals surface area contributed by atoms with E-state index in [0.29, 0.717) is 6.04 Å². The van der Waals surface area contributed by atoms with Crippen LogP contribution in [-0.4, -0.2) is 11.0 Å². The summed E-state index contributed by atoms with van der Waals surface area (Å²) in [4.78, 5) is 4.77. The first kappa shape index (κ1) is 14.7. The van der Waals surface area contributed by atoms with Crippen molar-refractivity contribution in [3.63, 3.8) is 0 Å². The van der Waals surface area contributed by atoms with Crippen molar-refractivity contribution in [2.24, 2.45) is 0 Å². The molecule has 0 aliphatic rings. The number of aromatic nitrogens is 1. The van der Waals surface area contributed by atoms with Crippen LogP contribution in [0.4, 0.5) is 0 Å². The van der Waals surface area contributed by atoms with E-state index in [0.717, 1.165) is 17.9 Å². The highest BCUT2D eigenvalue weighted by Crippen LogP contribution is 2.23. The lowest BCUT2D eigenvalue weighted by Crippen LogP contribution is -2.22. The van der Waals surface area contributed by atoms with Crippen molar-refractivity contribution in [1.29, 1.82) is 0 Å². The number of nitrogens with zero attached hydrogens (tertiary/aromatic N) is 1. The molecule has 1 aromatic heterocycles. The van der Waals surface area contributed by atoms with E-state index in [4.69, 9.17) is 4.98 Å². The number of hydrogen-bond acceptors (Lipinski definition) is 2. The second kappa shape index (κ2) is 6.19. The van der Waals surface area contributed by atoms with Gasteiger partial charge in [-0.15, -0.1) is 0 Å². The van der Waals surface area contributed by atoms with Crippen LogP contribution in [0.2, 0.25) is 0 Å². The zero-order valence-corrected chi connectivity index (χ0v) is 13.1. The summed E-state index contributed by atoms with van der Waals surface area (Å²) in [5.41, 5.74) is 7.24. The maximum absolute atomic E-state index is 4.77. The first-order valence-corrected chi connectivity index (χ1v) is 7.25. The standard InChI is InChI=1S/C18H24N2/c1-12(2)19-11-16-7-9-18(20-15(16)5)17-8-6-13(3)10-14(17)4/h6-10,12,19H,11H2,1-5H3. The first-order valence-electron chi connectivity index (χ1n) is 7.25. The summed E-state index contributed by atoms with van der Waals surface area (Å²) >= 11 is 0. The Bertz CT molecular complexity index is 600. The van der Waals surface area contributed by atoms with Gasteiger partial charge in [-0.3, -0.25) is 4.98 Å². The van der Waals surface area contributed by atoms with Crippen LogP contribution in [0.1, 0.15) is 36.2 Å². The van der Waals surface area contributed by atoms with Gasteiger partial charge in [0, 0.05) is 23.8 Å². The van der Waals surface area contributed by atoms with E-state index in [1.165, 1.54) is 22.3 Å². The van der Waals surface area contributed by atoms with Crippen LogP contribution < -0.4 is 5.32 Å². The van der Waals surface area contributed by atoms with Crippen LogP contribution in [0, 0.1) is 20.8 Å². The Labute approximate surface area is 122 Å². The van der Waals surface area contributed by atoms with Crippen molar-refractivity contribution in [3.05, 3.63) is 52.7 Å². The molecule has 1 aromatic carbocycles. The van der Waals surface area contributed by atoms with Gasteiger partial charge in [-0.05, 0) is 38.0 Å². The summed E-state index contributed by atoms with van der Waals surface area (Å²) < 4.78 is 0. The Morgan fingerprint density at radius 2 is 1.80 bits per heavy atom. The molecule has 0 saturated carbocycles. The highest BCUT2D eigenvalue weighted by atomic mass is 14.9. The van der Waals surface area contributed by atoms with Gasteiger partial charge in [-0.25, -0.2) is 0 Å². The van der Waals surface area contributed by atoms with E-state index in [2.05, 4.69) is 70.3 Å². The first-order chi connectivity index (χ1) is 9.47. The molecule has 106 valence electrons. The van der Waals surface area contributed by atoms with Crippen LogP contribution in [-0.2, 0) is 6.54 Å². The van der Waals surface area contributed by atoms with Crippen LogP contribution in [0.25, 0.3) is 11.3 Å². The maximum atomic E-state index is 4.77. The third-order valence-electron chi connectivity index (χ3n) is 3.55. The molecule has 0 bridgehead atoms. The molecule has 1 N–H and O–H groups in total. The molecule has 0 saturated heterocycles. The summed E-state index contributed by atoms with van der Waals surface area (Å²) in [7, 11) is 0. The van der Waals surface area contributed by atoms with Gasteiger partial charge >= 0.3 is 0 Å². The lowest BCUT2D eigenvalue weighted by molar-refractivity contribution is 0.586. The monoisotopic (exact) mass is 268 g/mol. The fraction of sp³-hybridized carbons (Fsp3) is 0.389. The largest absolute Gasteiger partial charge is 0.310 e. The van der Waals surface area contributed by atoms with Crippen molar-refractivity contribution in [1.82, 2.24) is 10.3 Å². The normalized spacial score (nSPS) is 11.1. The van der Waals surface area contributed by atoms with Gasteiger partial charge in [-0.1, -0.05) is 43.7 Å². The molecule has 0 unspecified atom stereocenters. The van der Waals surface area contributed by atoms with Gasteiger partial charge in [-0.2, -0.15) is 0 Å².